The van der Waals surface area contributed by atoms with Crippen LogP contribution in [0.3, 0.4) is 0 Å². The lowest BCUT2D eigenvalue weighted by molar-refractivity contribution is 0.584. The Morgan fingerprint density at radius 2 is 2.00 bits per heavy atom. The van der Waals surface area contributed by atoms with Gasteiger partial charge in [0.05, 0.1) is 12.0 Å². The van der Waals surface area contributed by atoms with E-state index >= 15 is 0 Å². The Labute approximate surface area is 162 Å². The molecule has 0 saturated heterocycles. The summed E-state index contributed by atoms with van der Waals surface area (Å²) in [5, 5.41) is 3.31. The summed E-state index contributed by atoms with van der Waals surface area (Å²) in [5.74, 6) is 0.366. The zero-order valence-corrected chi connectivity index (χ0v) is 15.6. The third-order valence-corrected chi connectivity index (χ3v) is 4.18. The number of nitrogens with one attached hydrogen (secondary N) is 1. The molecule has 0 spiro atoms. The lowest BCUT2D eigenvalue weighted by Gasteiger charge is -2.14. The number of rotatable bonds is 5. The van der Waals surface area contributed by atoms with Crippen molar-refractivity contribution < 1.29 is 8.81 Å². The molecule has 1 atom stereocenters. The Bertz CT molecular complexity index is 1040. The fourth-order valence-corrected chi connectivity index (χ4v) is 2.79. The van der Waals surface area contributed by atoms with Crippen molar-refractivity contribution in [2.75, 3.05) is 11.9 Å². The van der Waals surface area contributed by atoms with Crippen molar-refractivity contribution in [3.8, 4) is 11.3 Å². The standard InChI is InChI=1S/C19H16FN5O.H2S/c1-12(14-4-6-21-15-5-7-26-19(14)15)9-23-18-8-16(24-11-25-18)13-2-3-17(20)22-10-13;/h2-8,10-12H,9H2,1H3,(H,23,24,25);1H2/t12-;/m1./s1. The van der Waals surface area contributed by atoms with Crippen molar-refractivity contribution in [3.63, 3.8) is 0 Å². The first-order valence-corrected chi connectivity index (χ1v) is 8.20. The van der Waals surface area contributed by atoms with Crippen LogP contribution in [0.5, 0.6) is 0 Å². The minimum absolute atomic E-state index is 0. The zero-order valence-electron chi connectivity index (χ0n) is 14.6. The van der Waals surface area contributed by atoms with Crippen molar-refractivity contribution in [2.45, 2.75) is 12.8 Å². The Hall–Kier alpha value is -3.00. The van der Waals surface area contributed by atoms with Crippen LogP contribution in [0.25, 0.3) is 22.4 Å². The number of nitrogens with zero attached hydrogens (tertiary/aromatic N) is 4. The minimum atomic E-state index is -0.517. The SMILES string of the molecule is C[C@H](CNc1cc(-c2ccc(F)nc2)ncn1)c1ccnc2ccoc12.S. The maximum absolute atomic E-state index is 13.0. The number of halogens is 1. The zero-order chi connectivity index (χ0) is 17.9. The predicted molar refractivity (Wildman–Crippen MR) is 107 cm³/mol. The molecule has 0 fully saturated rings. The van der Waals surface area contributed by atoms with E-state index in [4.69, 9.17) is 4.42 Å². The molecule has 0 radical (unpaired) electrons. The highest BCUT2D eigenvalue weighted by molar-refractivity contribution is 7.59. The second kappa shape index (κ2) is 8.13. The Morgan fingerprint density at radius 3 is 2.81 bits per heavy atom. The molecule has 4 aromatic rings. The first-order valence-electron chi connectivity index (χ1n) is 8.20. The van der Waals surface area contributed by atoms with Gasteiger partial charge in [0, 0.05) is 48.1 Å². The van der Waals surface area contributed by atoms with Crippen LogP contribution >= 0.6 is 13.5 Å². The molecule has 0 aliphatic rings. The van der Waals surface area contributed by atoms with E-state index in [2.05, 4.69) is 32.2 Å². The van der Waals surface area contributed by atoms with E-state index < -0.39 is 5.95 Å². The van der Waals surface area contributed by atoms with Crippen molar-refractivity contribution >= 4 is 30.4 Å². The summed E-state index contributed by atoms with van der Waals surface area (Å²) >= 11 is 0. The molecular weight excluding hydrogens is 365 g/mol. The van der Waals surface area contributed by atoms with Crippen LogP contribution in [0.1, 0.15) is 18.4 Å². The van der Waals surface area contributed by atoms with Crippen molar-refractivity contribution in [3.05, 3.63) is 66.8 Å². The summed E-state index contributed by atoms with van der Waals surface area (Å²) in [6.45, 7) is 2.77. The Balaban J connectivity index is 0.00000210. The van der Waals surface area contributed by atoms with E-state index in [-0.39, 0.29) is 19.4 Å². The first-order chi connectivity index (χ1) is 12.7. The average molecular weight is 383 g/mol. The number of hydrogen-bond acceptors (Lipinski definition) is 6. The highest BCUT2D eigenvalue weighted by atomic mass is 32.1. The largest absolute Gasteiger partial charge is 0.462 e. The van der Waals surface area contributed by atoms with Crippen LogP contribution in [-0.2, 0) is 0 Å². The molecule has 138 valence electrons. The molecule has 0 aromatic carbocycles. The minimum Gasteiger partial charge on any atom is -0.462 e. The molecule has 4 rings (SSSR count). The fraction of sp³-hybridized carbons (Fsp3) is 0.158. The number of fused-ring (bicyclic) bond motifs is 1. The summed E-state index contributed by atoms with van der Waals surface area (Å²) in [7, 11) is 0. The molecule has 0 aliphatic carbocycles. The van der Waals surface area contributed by atoms with Crippen LogP contribution in [0.15, 0.2) is 59.7 Å². The van der Waals surface area contributed by atoms with Gasteiger partial charge in [0.2, 0.25) is 5.95 Å². The number of aromatic nitrogens is 4. The monoisotopic (exact) mass is 383 g/mol. The molecular formula is C19H18FN5OS. The molecule has 0 unspecified atom stereocenters. The third kappa shape index (κ3) is 4.06. The summed E-state index contributed by atoms with van der Waals surface area (Å²) < 4.78 is 18.5. The van der Waals surface area contributed by atoms with Gasteiger partial charge in [-0.3, -0.25) is 4.98 Å². The second-order valence-corrected chi connectivity index (χ2v) is 5.98. The number of anilines is 1. The lowest BCUT2D eigenvalue weighted by Crippen LogP contribution is -2.11. The van der Waals surface area contributed by atoms with E-state index in [1.165, 1.54) is 18.6 Å². The molecule has 0 bridgehead atoms. The fourth-order valence-electron chi connectivity index (χ4n) is 2.79. The van der Waals surface area contributed by atoms with Gasteiger partial charge in [0.1, 0.15) is 17.7 Å². The first kappa shape index (κ1) is 18.8. The van der Waals surface area contributed by atoms with Gasteiger partial charge in [-0.1, -0.05) is 6.92 Å². The molecule has 27 heavy (non-hydrogen) atoms. The van der Waals surface area contributed by atoms with Gasteiger partial charge < -0.3 is 9.73 Å². The summed E-state index contributed by atoms with van der Waals surface area (Å²) in [6, 6.07) is 8.59. The van der Waals surface area contributed by atoms with Crippen molar-refractivity contribution in [1.82, 2.24) is 19.9 Å². The van der Waals surface area contributed by atoms with E-state index in [1.807, 2.05) is 18.2 Å². The van der Waals surface area contributed by atoms with Crippen LogP contribution in [0.4, 0.5) is 10.2 Å². The van der Waals surface area contributed by atoms with Crippen LogP contribution in [0, 0.1) is 5.95 Å². The molecule has 4 aromatic heterocycles. The van der Waals surface area contributed by atoms with Gasteiger partial charge in [-0.2, -0.15) is 17.9 Å². The molecule has 0 aliphatic heterocycles. The van der Waals surface area contributed by atoms with Gasteiger partial charge in [-0.25, -0.2) is 15.0 Å². The highest BCUT2D eigenvalue weighted by Crippen LogP contribution is 2.25. The van der Waals surface area contributed by atoms with E-state index in [0.717, 1.165) is 22.2 Å². The maximum atomic E-state index is 13.0. The average Bonchev–Trinajstić information content (AvgIpc) is 3.16. The maximum Gasteiger partial charge on any atom is 0.212 e. The van der Waals surface area contributed by atoms with Gasteiger partial charge in [-0.15, -0.1) is 0 Å². The van der Waals surface area contributed by atoms with Crippen LogP contribution in [-0.4, -0.2) is 26.5 Å². The lowest BCUT2D eigenvalue weighted by atomic mass is 10.0. The van der Waals surface area contributed by atoms with Crippen LogP contribution < -0.4 is 5.32 Å². The molecule has 0 amide bonds. The third-order valence-electron chi connectivity index (χ3n) is 4.18. The summed E-state index contributed by atoms with van der Waals surface area (Å²) in [6.07, 6.45) is 6.36. The number of pyridine rings is 2. The van der Waals surface area contributed by atoms with Crippen molar-refractivity contribution in [2.24, 2.45) is 0 Å². The number of furan rings is 1. The van der Waals surface area contributed by atoms with E-state index in [1.54, 1.807) is 18.5 Å². The normalized spacial score (nSPS) is 11.8. The van der Waals surface area contributed by atoms with E-state index in [9.17, 15) is 4.39 Å². The quantitative estimate of drug-likeness (QED) is 0.522. The molecule has 0 saturated carbocycles. The highest BCUT2D eigenvalue weighted by Gasteiger charge is 2.13. The van der Waals surface area contributed by atoms with Crippen molar-refractivity contribution in [1.29, 1.82) is 0 Å². The van der Waals surface area contributed by atoms with Gasteiger partial charge in [0.25, 0.3) is 0 Å². The van der Waals surface area contributed by atoms with Gasteiger partial charge in [0.15, 0.2) is 5.58 Å². The molecule has 8 heteroatoms. The van der Waals surface area contributed by atoms with Crippen LogP contribution in [0.2, 0.25) is 0 Å². The summed E-state index contributed by atoms with van der Waals surface area (Å²) in [4.78, 5) is 16.4. The smallest absolute Gasteiger partial charge is 0.212 e. The Morgan fingerprint density at radius 1 is 1.11 bits per heavy atom. The Kier molecular flexibility index (Phi) is 5.66. The summed E-state index contributed by atoms with van der Waals surface area (Å²) in [5.41, 5.74) is 4.16. The molecule has 4 heterocycles. The van der Waals surface area contributed by atoms with Gasteiger partial charge in [-0.05, 0) is 18.2 Å². The molecule has 1 N–H and O–H groups in total. The number of hydrogen-bond donors (Lipinski definition) is 1. The molecule has 6 nitrogen and oxygen atoms in total. The topological polar surface area (TPSA) is 76.7 Å². The van der Waals surface area contributed by atoms with E-state index in [0.29, 0.717) is 18.1 Å². The van der Waals surface area contributed by atoms with Gasteiger partial charge >= 0.3 is 0 Å². The predicted octanol–water partition coefficient (Wildman–Crippen LogP) is 4.15. The second-order valence-electron chi connectivity index (χ2n) is 5.98.